The second-order valence-electron chi connectivity index (χ2n) is 5.87. The highest BCUT2D eigenvalue weighted by atomic mass is 35.5. The van der Waals surface area contributed by atoms with Crippen molar-refractivity contribution in [3.63, 3.8) is 0 Å². The van der Waals surface area contributed by atoms with Gasteiger partial charge in [-0.25, -0.2) is 0 Å². The molecule has 1 heterocycles. The van der Waals surface area contributed by atoms with Crippen LogP contribution in [-0.4, -0.2) is 63.8 Å². The lowest BCUT2D eigenvalue weighted by Gasteiger charge is -2.20. The highest BCUT2D eigenvalue weighted by molar-refractivity contribution is 5.85. The minimum atomic E-state index is 0. The van der Waals surface area contributed by atoms with E-state index in [1.807, 2.05) is 6.92 Å². The molecule has 1 fully saturated rings. The van der Waals surface area contributed by atoms with Gasteiger partial charge in [0.15, 0.2) is 0 Å². The van der Waals surface area contributed by atoms with Crippen LogP contribution in [0.5, 0.6) is 0 Å². The minimum Gasteiger partial charge on any atom is -0.377 e. The molecule has 1 amide bonds. The summed E-state index contributed by atoms with van der Waals surface area (Å²) in [7, 11) is 4.11. The summed E-state index contributed by atoms with van der Waals surface area (Å²) in [4.78, 5) is 14.0. The lowest BCUT2D eigenvalue weighted by molar-refractivity contribution is -0.122. The molecule has 0 saturated carbocycles. The Labute approximate surface area is 147 Å². The maximum Gasteiger partial charge on any atom is 0.220 e. The molecule has 134 valence electrons. The predicted octanol–water partition coefficient (Wildman–Crippen LogP) is 1.69. The standard InChI is InChI=1S/C15H31N3O2.2ClH/c1-4-20-14(8-10-18(2)3)12-17-15(19)6-5-13-7-9-16-11-13;;/h13-14,16H,4-12H2,1-3H3,(H,17,19);2*1H. The molecular formula is C15H33Cl2N3O2. The zero-order valence-electron chi connectivity index (χ0n) is 14.1. The third kappa shape index (κ3) is 11.5. The van der Waals surface area contributed by atoms with Crippen LogP contribution in [0.2, 0.25) is 0 Å². The Morgan fingerprint density at radius 3 is 2.68 bits per heavy atom. The molecule has 5 nitrogen and oxygen atoms in total. The van der Waals surface area contributed by atoms with E-state index in [1.54, 1.807) is 0 Å². The third-order valence-corrected chi connectivity index (χ3v) is 3.77. The van der Waals surface area contributed by atoms with Crippen molar-refractivity contribution >= 4 is 30.7 Å². The number of halogens is 2. The van der Waals surface area contributed by atoms with Crippen LogP contribution in [0.1, 0.15) is 32.6 Å². The Bertz CT molecular complexity index is 276. The smallest absolute Gasteiger partial charge is 0.220 e. The van der Waals surface area contributed by atoms with Gasteiger partial charge in [-0.3, -0.25) is 4.79 Å². The normalized spacial score (nSPS) is 18.5. The molecule has 0 aromatic heterocycles. The Morgan fingerprint density at radius 2 is 2.14 bits per heavy atom. The number of nitrogens with one attached hydrogen (secondary N) is 2. The summed E-state index contributed by atoms with van der Waals surface area (Å²) in [5.74, 6) is 0.837. The van der Waals surface area contributed by atoms with Gasteiger partial charge in [0, 0.05) is 26.1 Å². The largest absolute Gasteiger partial charge is 0.377 e. The van der Waals surface area contributed by atoms with Gasteiger partial charge in [0.25, 0.3) is 0 Å². The summed E-state index contributed by atoms with van der Waals surface area (Å²) in [6.07, 6.45) is 3.92. The van der Waals surface area contributed by atoms with Crippen LogP contribution in [0.15, 0.2) is 0 Å². The topological polar surface area (TPSA) is 53.6 Å². The summed E-state index contributed by atoms with van der Waals surface area (Å²) in [5, 5.41) is 6.35. The summed E-state index contributed by atoms with van der Waals surface area (Å²) in [6.45, 7) is 6.47. The minimum absolute atomic E-state index is 0. The van der Waals surface area contributed by atoms with Crippen LogP contribution >= 0.6 is 24.8 Å². The van der Waals surface area contributed by atoms with Gasteiger partial charge in [-0.15, -0.1) is 24.8 Å². The Balaban J connectivity index is 0. The number of carbonyl (C=O) groups is 1. The first kappa shape index (κ1) is 24.2. The van der Waals surface area contributed by atoms with E-state index in [9.17, 15) is 4.79 Å². The fraction of sp³-hybridized carbons (Fsp3) is 0.933. The van der Waals surface area contributed by atoms with Gasteiger partial charge >= 0.3 is 0 Å². The van der Waals surface area contributed by atoms with Gasteiger partial charge in [-0.05, 0) is 59.3 Å². The van der Waals surface area contributed by atoms with E-state index in [-0.39, 0.29) is 36.8 Å². The zero-order chi connectivity index (χ0) is 14.8. The molecule has 0 radical (unpaired) electrons. The SMILES string of the molecule is CCOC(CCN(C)C)CNC(=O)CCC1CCNC1.Cl.Cl. The van der Waals surface area contributed by atoms with Gasteiger partial charge in [-0.2, -0.15) is 0 Å². The van der Waals surface area contributed by atoms with Crippen molar-refractivity contribution in [2.75, 3.05) is 46.9 Å². The van der Waals surface area contributed by atoms with Gasteiger partial charge in [0.05, 0.1) is 6.10 Å². The third-order valence-electron chi connectivity index (χ3n) is 3.77. The molecule has 0 bridgehead atoms. The van der Waals surface area contributed by atoms with E-state index in [0.717, 1.165) is 32.5 Å². The number of carbonyl (C=O) groups excluding carboxylic acids is 1. The Hall–Kier alpha value is -0.0700. The molecular weight excluding hydrogens is 325 g/mol. The maximum absolute atomic E-state index is 11.8. The van der Waals surface area contributed by atoms with Gasteiger partial charge in [-0.1, -0.05) is 0 Å². The van der Waals surface area contributed by atoms with Gasteiger partial charge in [0.1, 0.15) is 0 Å². The summed E-state index contributed by atoms with van der Waals surface area (Å²) in [6, 6.07) is 0. The average molecular weight is 358 g/mol. The Morgan fingerprint density at radius 1 is 1.41 bits per heavy atom. The van der Waals surface area contributed by atoms with Gasteiger partial charge < -0.3 is 20.3 Å². The molecule has 2 unspecified atom stereocenters. The van der Waals surface area contributed by atoms with Crippen molar-refractivity contribution in [2.24, 2.45) is 5.92 Å². The molecule has 22 heavy (non-hydrogen) atoms. The van der Waals surface area contributed by atoms with E-state index in [0.29, 0.717) is 25.5 Å². The van der Waals surface area contributed by atoms with Crippen LogP contribution in [-0.2, 0) is 9.53 Å². The number of ether oxygens (including phenoxy) is 1. The molecule has 0 aromatic rings. The number of hydrogen-bond donors (Lipinski definition) is 2. The molecule has 0 aromatic carbocycles. The van der Waals surface area contributed by atoms with Crippen LogP contribution in [0.25, 0.3) is 0 Å². The van der Waals surface area contributed by atoms with Crippen LogP contribution in [0.4, 0.5) is 0 Å². The monoisotopic (exact) mass is 357 g/mol. The predicted molar refractivity (Wildman–Crippen MR) is 96.3 cm³/mol. The van der Waals surface area contributed by atoms with Crippen LogP contribution in [0, 0.1) is 5.92 Å². The highest BCUT2D eigenvalue weighted by Crippen LogP contribution is 2.13. The second kappa shape index (κ2) is 14.5. The Kier molecular flexibility index (Phi) is 16.0. The molecule has 7 heteroatoms. The first-order valence-corrected chi connectivity index (χ1v) is 7.85. The molecule has 0 aliphatic carbocycles. The van der Waals surface area contributed by atoms with E-state index in [2.05, 4.69) is 29.6 Å². The lowest BCUT2D eigenvalue weighted by atomic mass is 10.0. The quantitative estimate of drug-likeness (QED) is 0.624. The maximum atomic E-state index is 11.8. The lowest BCUT2D eigenvalue weighted by Crippen LogP contribution is -2.35. The van der Waals surface area contributed by atoms with Crippen molar-refractivity contribution in [1.82, 2.24) is 15.5 Å². The van der Waals surface area contributed by atoms with E-state index >= 15 is 0 Å². The van der Waals surface area contributed by atoms with Crippen LogP contribution < -0.4 is 10.6 Å². The van der Waals surface area contributed by atoms with Crippen molar-refractivity contribution < 1.29 is 9.53 Å². The molecule has 1 rings (SSSR count). The average Bonchev–Trinajstić information content (AvgIpc) is 2.92. The number of amides is 1. The number of nitrogens with zero attached hydrogens (tertiary/aromatic N) is 1. The fourth-order valence-electron chi connectivity index (χ4n) is 2.49. The van der Waals surface area contributed by atoms with Crippen LogP contribution in [0.3, 0.4) is 0 Å². The zero-order valence-corrected chi connectivity index (χ0v) is 15.7. The molecule has 1 aliphatic heterocycles. The highest BCUT2D eigenvalue weighted by Gasteiger charge is 2.16. The molecule has 2 N–H and O–H groups in total. The summed E-state index contributed by atoms with van der Waals surface area (Å²) < 4.78 is 5.67. The molecule has 1 saturated heterocycles. The van der Waals surface area contributed by atoms with E-state index in [1.165, 1.54) is 6.42 Å². The second-order valence-corrected chi connectivity index (χ2v) is 5.87. The number of hydrogen-bond acceptors (Lipinski definition) is 4. The number of rotatable bonds is 10. The molecule has 1 aliphatic rings. The van der Waals surface area contributed by atoms with Crippen molar-refractivity contribution in [3.8, 4) is 0 Å². The van der Waals surface area contributed by atoms with Crippen molar-refractivity contribution in [3.05, 3.63) is 0 Å². The van der Waals surface area contributed by atoms with Crippen molar-refractivity contribution in [2.45, 2.75) is 38.7 Å². The van der Waals surface area contributed by atoms with Gasteiger partial charge in [0.2, 0.25) is 5.91 Å². The first-order chi connectivity index (χ1) is 9.61. The fourth-order valence-corrected chi connectivity index (χ4v) is 2.49. The summed E-state index contributed by atoms with van der Waals surface area (Å²) >= 11 is 0. The molecule has 2 atom stereocenters. The molecule has 0 spiro atoms. The van der Waals surface area contributed by atoms with Crippen molar-refractivity contribution in [1.29, 1.82) is 0 Å². The summed E-state index contributed by atoms with van der Waals surface area (Å²) in [5.41, 5.74) is 0. The van der Waals surface area contributed by atoms with E-state index < -0.39 is 0 Å². The van der Waals surface area contributed by atoms with E-state index in [4.69, 9.17) is 4.74 Å². The first-order valence-electron chi connectivity index (χ1n) is 7.85.